The highest BCUT2D eigenvalue weighted by Crippen LogP contribution is 2.24. The van der Waals surface area contributed by atoms with Gasteiger partial charge in [-0.05, 0) is 69.3 Å². The third-order valence-corrected chi connectivity index (χ3v) is 7.26. The number of amides is 1. The Morgan fingerprint density at radius 2 is 1.70 bits per heavy atom. The van der Waals surface area contributed by atoms with Crippen molar-refractivity contribution in [3.8, 4) is 34.5 Å². The van der Waals surface area contributed by atoms with Crippen molar-refractivity contribution < 1.29 is 9.53 Å². The lowest BCUT2D eigenvalue weighted by Gasteiger charge is -2.20. The third kappa shape index (κ3) is 6.57. The lowest BCUT2D eigenvalue weighted by Crippen LogP contribution is -2.34. The number of ether oxygens (including phenoxy) is 1. The van der Waals surface area contributed by atoms with Gasteiger partial charge in [-0.1, -0.05) is 36.1 Å². The molecule has 0 saturated heterocycles. The summed E-state index contributed by atoms with van der Waals surface area (Å²) in [6, 6.07) is 21.1. The lowest BCUT2D eigenvalue weighted by atomic mass is 10.1. The molecular formula is C36H32N8O3. The van der Waals surface area contributed by atoms with Gasteiger partial charge < -0.3 is 15.8 Å². The van der Waals surface area contributed by atoms with Gasteiger partial charge >= 0.3 is 0 Å². The average Bonchev–Trinajstić information content (AvgIpc) is 3.49. The quantitative estimate of drug-likeness (QED) is 0.240. The third-order valence-electron chi connectivity index (χ3n) is 7.26. The molecule has 47 heavy (non-hydrogen) atoms. The van der Waals surface area contributed by atoms with Gasteiger partial charge in [0.05, 0.1) is 52.4 Å². The van der Waals surface area contributed by atoms with Gasteiger partial charge in [0.2, 0.25) is 0 Å². The van der Waals surface area contributed by atoms with Crippen molar-refractivity contribution in [1.29, 1.82) is 0 Å². The Labute approximate surface area is 271 Å². The molecule has 3 heterocycles. The lowest BCUT2D eigenvalue weighted by molar-refractivity contribution is 0.0933. The second kappa shape index (κ2) is 13.0. The number of hydrogen-bond acceptors (Lipinski definition) is 8. The molecule has 1 amide bonds. The number of carbonyl (C=O) groups is 1. The maximum atomic E-state index is 14.3. The first-order chi connectivity index (χ1) is 22.7. The molecule has 3 N–H and O–H groups in total. The van der Waals surface area contributed by atoms with Crippen LogP contribution in [0.25, 0.3) is 27.8 Å². The first-order valence-electron chi connectivity index (χ1n) is 15.0. The molecule has 0 saturated carbocycles. The number of hydrogen-bond donors (Lipinski definition) is 2. The van der Waals surface area contributed by atoms with Gasteiger partial charge in [0.15, 0.2) is 11.5 Å². The molecule has 6 aromatic rings. The van der Waals surface area contributed by atoms with E-state index in [4.69, 9.17) is 15.5 Å². The smallest absolute Gasteiger partial charge is 0.274 e. The summed E-state index contributed by atoms with van der Waals surface area (Å²) in [4.78, 5) is 41.5. The van der Waals surface area contributed by atoms with Crippen molar-refractivity contribution in [3.05, 3.63) is 124 Å². The van der Waals surface area contributed by atoms with Crippen molar-refractivity contribution in [3.63, 3.8) is 0 Å². The molecule has 0 fully saturated rings. The highest BCUT2D eigenvalue weighted by atomic mass is 16.5. The number of rotatable bonds is 7. The molecule has 11 heteroatoms. The number of anilines is 1. The van der Waals surface area contributed by atoms with E-state index in [-0.39, 0.29) is 23.2 Å². The second-order valence-corrected chi connectivity index (χ2v) is 11.2. The van der Waals surface area contributed by atoms with E-state index in [9.17, 15) is 9.59 Å². The summed E-state index contributed by atoms with van der Waals surface area (Å²) in [6.07, 6.45) is 5.01. The first-order valence-corrected chi connectivity index (χ1v) is 15.0. The summed E-state index contributed by atoms with van der Waals surface area (Å²) in [6.45, 7) is 5.65. The summed E-state index contributed by atoms with van der Waals surface area (Å²) in [5.41, 5.74) is 9.26. The van der Waals surface area contributed by atoms with Crippen LogP contribution in [-0.2, 0) is 7.05 Å². The molecule has 0 unspecified atom stereocenters. The van der Waals surface area contributed by atoms with E-state index in [0.717, 1.165) is 16.9 Å². The molecule has 0 bridgehead atoms. The Balaban J connectivity index is 1.37. The van der Waals surface area contributed by atoms with Crippen LogP contribution in [0.3, 0.4) is 0 Å². The van der Waals surface area contributed by atoms with Crippen LogP contribution in [0.4, 0.5) is 5.82 Å². The number of aromatic nitrogens is 6. The molecule has 234 valence electrons. The summed E-state index contributed by atoms with van der Waals surface area (Å²) in [7, 11) is 1.81. The van der Waals surface area contributed by atoms with E-state index in [1.807, 2.05) is 63.4 Å². The Morgan fingerprint density at radius 1 is 0.936 bits per heavy atom. The molecule has 0 aliphatic rings. The Morgan fingerprint density at radius 3 is 2.40 bits per heavy atom. The van der Waals surface area contributed by atoms with Crippen LogP contribution in [0.1, 0.15) is 54.3 Å². The minimum Gasteiger partial charge on any atom is -0.491 e. The number of fused-ring (bicyclic) bond motifs is 1. The normalized spacial score (nSPS) is 11.6. The molecule has 1 atom stereocenters. The van der Waals surface area contributed by atoms with Crippen LogP contribution in [-0.4, -0.2) is 41.3 Å². The highest BCUT2D eigenvalue weighted by molar-refractivity contribution is 5.97. The largest absolute Gasteiger partial charge is 0.491 e. The van der Waals surface area contributed by atoms with Gasteiger partial charge in [-0.2, -0.15) is 5.10 Å². The van der Waals surface area contributed by atoms with Gasteiger partial charge in [0.25, 0.3) is 11.5 Å². The van der Waals surface area contributed by atoms with Gasteiger partial charge in [-0.3, -0.25) is 18.8 Å². The predicted molar refractivity (Wildman–Crippen MR) is 180 cm³/mol. The molecule has 3 aromatic carbocycles. The highest BCUT2D eigenvalue weighted by Gasteiger charge is 2.23. The van der Waals surface area contributed by atoms with Crippen LogP contribution < -0.4 is 21.3 Å². The zero-order valence-electron chi connectivity index (χ0n) is 26.3. The Hall–Kier alpha value is -6.28. The van der Waals surface area contributed by atoms with Crippen LogP contribution in [0, 0.1) is 11.8 Å². The molecular weight excluding hydrogens is 592 g/mol. The number of nitrogens with zero attached hydrogens (tertiary/aromatic N) is 6. The van der Waals surface area contributed by atoms with Crippen molar-refractivity contribution >= 4 is 22.6 Å². The number of nitrogens with one attached hydrogen (secondary N) is 1. The predicted octanol–water partition coefficient (Wildman–Crippen LogP) is 4.84. The zero-order valence-corrected chi connectivity index (χ0v) is 26.3. The zero-order chi connectivity index (χ0) is 33.1. The van der Waals surface area contributed by atoms with E-state index in [2.05, 4.69) is 32.2 Å². The van der Waals surface area contributed by atoms with Crippen LogP contribution in [0.2, 0.25) is 0 Å². The topological polar surface area (TPSA) is 143 Å². The molecule has 6 rings (SSSR count). The summed E-state index contributed by atoms with van der Waals surface area (Å²) < 4.78 is 8.88. The molecule has 0 aliphatic carbocycles. The van der Waals surface area contributed by atoms with Gasteiger partial charge in [0, 0.05) is 24.4 Å². The van der Waals surface area contributed by atoms with E-state index in [0.29, 0.717) is 33.7 Å². The summed E-state index contributed by atoms with van der Waals surface area (Å²) in [5, 5.41) is 7.45. The van der Waals surface area contributed by atoms with Crippen molar-refractivity contribution in [2.75, 3.05) is 5.73 Å². The minimum atomic E-state index is -0.734. The second-order valence-electron chi connectivity index (χ2n) is 11.2. The van der Waals surface area contributed by atoms with Gasteiger partial charge in [-0.15, -0.1) is 0 Å². The van der Waals surface area contributed by atoms with Crippen molar-refractivity contribution in [2.45, 2.75) is 32.9 Å². The molecule has 3 aromatic heterocycles. The van der Waals surface area contributed by atoms with Crippen LogP contribution in [0.15, 0.2) is 96.2 Å². The monoisotopic (exact) mass is 624 g/mol. The number of nitrogens with two attached hydrogens (primary N) is 1. The minimum absolute atomic E-state index is 0.0260. The number of carbonyl (C=O) groups excluding carboxylic acids is 1. The van der Waals surface area contributed by atoms with Crippen LogP contribution >= 0.6 is 0 Å². The number of para-hydroxylation sites is 1. The molecule has 11 nitrogen and oxygen atoms in total. The molecule has 0 spiro atoms. The van der Waals surface area contributed by atoms with Gasteiger partial charge in [-0.25, -0.2) is 15.0 Å². The van der Waals surface area contributed by atoms with Crippen molar-refractivity contribution in [2.24, 2.45) is 7.05 Å². The van der Waals surface area contributed by atoms with Gasteiger partial charge in [0.1, 0.15) is 11.6 Å². The summed E-state index contributed by atoms with van der Waals surface area (Å²) in [5.74, 6) is 6.65. The van der Waals surface area contributed by atoms with Crippen LogP contribution in [0.5, 0.6) is 5.75 Å². The fraction of sp³-hybridized carbons (Fsp3) is 0.167. The Bertz CT molecular complexity index is 2210. The number of nitrogen functional groups attached to an aromatic ring is 1. The standard InChI is InChI=1S/C36H32N8O3/c1-22(2)47-28-17-15-25(16-18-28)30-20-38-33(37)32(41-30)35(45)40-23(3)34-42-29-12-8-9-26(14-13-24-19-39-43(4)21-24)31(29)36(46)44(34)27-10-6-5-7-11-27/h5-12,15-23H,1-4H3,(H2,37,38)(H,40,45)/t23-/m0/s1. The maximum absolute atomic E-state index is 14.3. The molecule has 0 radical (unpaired) electrons. The van der Waals surface area contributed by atoms with Crippen molar-refractivity contribution in [1.82, 2.24) is 34.6 Å². The average molecular weight is 625 g/mol. The van der Waals surface area contributed by atoms with E-state index in [1.54, 1.807) is 54.3 Å². The Kier molecular flexibility index (Phi) is 8.49. The SMILES string of the molecule is CC(C)Oc1ccc(-c2cnc(N)c(C(=O)N[C@@H](C)c3nc4cccc(C#Cc5cnn(C)c5)c4c(=O)n3-c3ccccc3)n2)cc1. The first kappa shape index (κ1) is 30.7. The number of aryl methyl sites for hydroxylation is 1. The van der Waals surface area contributed by atoms with E-state index in [1.165, 1.54) is 10.8 Å². The number of benzene rings is 3. The fourth-order valence-electron chi connectivity index (χ4n) is 5.10. The van der Waals surface area contributed by atoms with E-state index < -0.39 is 11.9 Å². The maximum Gasteiger partial charge on any atom is 0.274 e. The van der Waals surface area contributed by atoms with E-state index >= 15 is 0 Å². The summed E-state index contributed by atoms with van der Waals surface area (Å²) >= 11 is 0. The molecule has 0 aliphatic heterocycles. The fourth-order valence-corrected chi connectivity index (χ4v) is 5.10.